The average Bonchev–Trinajstić information content (AvgIpc) is 3.15. The summed E-state index contributed by atoms with van der Waals surface area (Å²) in [5, 5.41) is 14.7. The van der Waals surface area contributed by atoms with E-state index >= 15 is 0 Å². The van der Waals surface area contributed by atoms with E-state index in [4.69, 9.17) is 0 Å². The second-order valence-corrected chi connectivity index (χ2v) is 9.00. The topological polar surface area (TPSA) is 84.0 Å². The highest BCUT2D eigenvalue weighted by Gasteiger charge is 2.18. The van der Waals surface area contributed by atoms with Gasteiger partial charge in [0.2, 0.25) is 11.0 Å². The highest BCUT2D eigenvalue weighted by molar-refractivity contribution is 8.02. The fourth-order valence-electron chi connectivity index (χ4n) is 2.52. The Labute approximate surface area is 178 Å². The first-order chi connectivity index (χ1) is 13.9. The highest BCUT2D eigenvalue weighted by atomic mass is 32.2. The Balaban J connectivity index is 1.57. The van der Waals surface area contributed by atoms with Crippen molar-refractivity contribution in [2.45, 2.75) is 36.8 Å². The molecule has 1 unspecified atom stereocenters. The summed E-state index contributed by atoms with van der Waals surface area (Å²) in [4.78, 5) is 24.0. The molecule has 0 bridgehead atoms. The predicted molar refractivity (Wildman–Crippen MR) is 119 cm³/mol. The number of ketones is 1. The van der Waals surface area contributed by atoms with Crippen LogP contribution < -0.4 is 10.6 Å². The van der Waals surface area contributed by atoms with Crippen LogP contribution in [0.2, 0.25) is 0 Å². The Morgan fingerprint density at radius 3 is 2.55 bits per heavy atom. The van der Waals surface area contributed by atoms with Crippen LogP contribution in [0.5, 0.6) is 0 Å². The summed E-state index contributed by atoms with van der Waals surface area (Å²) in [7, 11) is 0. The Bertz CT molecular complexity index is 1000. The first-order valence-corrected chi connectivity index (χ1v) is 10.9. The maximum atomic E-state index is 12.5. The molecule has 150 valence electrons. The standard InChI is InChI=1S/C21H22N4O2S2/c1-4-15-8-10-17(11-9-15)23-20-24-25-21(29-20)28-14(3)19(27)22-18-7-5-6-16(12-18)13(2)26/h5-12,14H,4H2,1-3H3,(H,22,27)(H,23,24). The minimum Gasteiger partial charge on any atom is -0.330 e. The van der Waals surface area contributed by atoms with Gasteiger partial charge in [-0.05, 0) is 50.1 Å². The monoisotopic (exact) mass is 426 g/mol. The van der Waals surface area contributed by atoms with Gasteiger partial charge in [0.05, 0.1) is 5.25 Å². The van der Waals surface area contributed by atoms with Crippen molar-refractivity contribution in [1.29, 1.82) is 0 Å². The molecular formula is C21H22N4O2S2. The molecule has 0 aliphatic rings. The summed E-state index contributed by atoms with van der Waals surface area (Å²) >= 11 is 2.75. The second-order valence-electron chi connectivity index (χ2n) is 6.43. The molecule has 0 spiro atoms. The summed E-state index contributed by atoms with van der Waals surface area (Å²) in [6.45, 7) is 5.43. The number of hydrogen-bond donors (Lipinski definition) is 2. The molecular weight excluding hydrogens is 404 g/mol. The summed E-state index contributed by atoms with van der Waals surface area (Å²) in [5.41, 5.74) is 3.39. The van der Waals surface area contributed by atoms with Crippen LogP contribution in [0.4, 0.5) is 16.5 Å². The largest absolute Gasteiger partial charge is 0.330 e. The SMILES string of the molecule is CCc1ccc(Nc2nnc(SC(C)C(=O)Nc3cccc(C(C)=O)c3)s2)cc1. The minimum atomic E-state index is -0.361. The van der Waals surface area contributed by atoms with Gasteiger partial charge in [0.25, 0.3) is 0 Å². The molecule has 0 radical (unpaired) electrons. The molecule has 8 heteroatoms. The summed E-state index contributed by atoms with van der Waals surface area (Å²) < 4.78 is 0.706. The van der Waals surface area contributed by atoms with E-state index in [1.807, 2.05) is 19.1 Å². The average molecular weight is 427 g/mol. The van der Waals surface area contributed by atoms with Crippen molar-refractivity contribution in [1.82, 2.24) is 10.2 Å². The molecule has 2 aromatic carbocycles. The Hall–Kier alpha value is -2.71. The van der Waals surface area contributed by atoms with Gasteiger partial charge in [-0.3, -0.25) is 9.59 Å². The van der Waals surface area contributed by atoms with Crippen molar-refractivity contribution in [3.05, 3.63) is 59.7 Å². The van der Waals surface area contributed by atoms with Crippen LogP contribution in [0.15, 0.2) is 52.9 Å². The number of Topliss-reactive ketones (excluding diaryl/α,β-unsaturated/α-hetero) is 1. The molecule has 2 N–H and O–H groups in total. The molecule has 0 aliphatic heterocycles. The molecule has 0 saturated carbocycles. The van der Waals surface area contributed by atoms with E-state index in [0.717, 1.165) is 12.1 Å². The number of anilines is 3. The van der Waals surface area contributed by atoms with Crippen molar-refractivity contribution in [2.24, 2.45) is 0 Å². The lowest BCUT2D eigenvalue weighted by molar-refractivity contribution is -0.115. The number of rotatable bonds is 8. The zero-order valence-electron chi connectivity index (χ0n) is 16.4. The van der Waals surface area contributed by atoms with Crippen molar-refractivity contribution >= 4 is 51.3 Å². The third-order valence-electron chi connectivity index (χ3n) is 4.20. The Morgan fingerprint density at radius 2 is 1.86 bits per heavy atom. The molecule has 0 fully saturated rings. The quantitative estimate of drug-likeness (QED) is 0.382. The third-order valence-corrected chi connectivity index (χ3v) is 6.23. The van der Waals surface area contributed by atoms with Crippen LogP contribution in [0.1, 0.15) is 36.7 Å². The Kier molecular flexibility index (Phi) is 7.00. The van der Waals surface area contributed by atoms with E-state index in [2.05, 4.69) is 39.9 Å². The lowest BCUT2D eigenvalue weighted by atomic mass is 10.1. The van der Waals surface area contributed by atoms with Gasteiger partial charge in [-0.2, -0.15) is 0 Å². The van der Waals surface area contributed by atoms with Gasteiger partial charge >= 0.3 is 0 Å². The van der Waals surface area contributed by atoms with Crippen molar-refractivity contribution in [3.63, 3.8) is 0 Å². The fraction of sp³-hybridized carbons (Fsp3) is 0.238. The number of benzene rings is 2. The molecule has 0 saturated heterocycles. The van der Waals surface area contributed by atoms with Crippen LogP contribution in [-0.2, 0) is 11.2 Å². The molecule has 3 rings (SSSR count). The van der Waals surface area contributed by atoms with Gasteiger partial charge in [0.1, 0.15) is 0 Å². The van der Waals surface area contributed by atoms with E-state index in [1.165, 1.54) is 35.6 Å². The zero-order chi connectivity index (χ0) is 20.8. The lowest BCUT2D eigenvalue weighted by Crippen LogP contribution is -2.22. The number of nitrogens with zero attached hydrogens (tertiary/aromatic N) is 2. The van der Waals surface area contributed by atoms with Gasteiger partial charge in [-0.1, -0.05) is 54.3 Å². The van der Waals surface area contributed by atoms with Gasteiger partial charge in [0, 0.05) is 16.9 Å². The molecule has 29 heavy (non-hydrogen) atoms. The summed E-state index contributed by atoms with van der Waals surface area (Å²) in [5.74, 6) is -0.197. The number of thioether (sulfide) groups is 1. The van der Waals surface area contributed by atoms with Crippen LogP contribution in [0, 0.1) is 0 Å². The van der Waals surface area contributed by atoms with Crippen LogP contribution >= 0.6 is 23.1 Å². The Morgan fingerprint density at radius 1 is 1.10 bits per heavy atom. The number of nitrogens with one attached hydrogen (secondary N) is 2. The summed E-state index contributed by atoms with van der Waals surface area (Å²) in [6.07, 6.45) is 0.999. The number of carbonyl (C=O) groups excluding carboxylic acids is 2. The maximum Gasteiger partial charge on any atom is 0.237 e. The smallest absolute Gasteiger partial charge is 0.237 e. The molecule has 3 aromatic rings. The third kappa shape index (κ3) is 5.88. The van der Waals surface area contributed by atoms with Crippen LogP contribution in [-0.4, -0.2) is 27.1 Å². The number of carbonyl (C=O) groups is 2. The normalized spacial score (nSPS) is 11.7. The predicted octanol–water partition coefficient (Wildman–Crippen LogP) is 5.17. The van der Waals surface area contributed by atoms with Crippen molar-refractivity contribution in [2.75, 3.05) is 10.6 Å². The molecule has 1 atom stereocenters. The number of aromatic nitrogens is 2. The number of aryl methyl sites for hydroxylation is 1. The number of hydrogen-bond acceptors (Lipinski definition) is 7. The molecule has 1 heterocycles. The van der Waals surface area contributed by atoms with Crippen molar-refractivity contribution < 1.29 is 9.59 Å². The van der Waals surface area contributed by atoms with Crippen molar-refractivity contribution in [3.8, 4) is 0 Å². The minimum absolute atomic E-state index is 0.0401. The first-order valence-electron chi connectivity index (χ1n) is 9.22. The van der Waals surface area contributed by atoms with E-state index in [1.54, 1.807) is 24.3 Å². The summed E-state index contributed by atoms with van der Waals surface area (Å²) in [6, 6.07) is 15.1. The molecule has 1 aromatic heterocycles. The van der Waals surface area contributed by atoms with Gasteiger partial charge in [-0.25, -0.2) is 0 Å². The lowest BCUT2D eigenvalue weighted by Gasteiger charge is -2.10. The van der Waals surface area contributed by atoms with E-state index in [9.17, 15) is 9.59 Å². The maximum absolute atomic E-state index is 12.5. The molecule has 1 amide bonds. The fourth-order valence-corrected chi connectivity index (χ4v) is 4.44. The number of amides is 1. The first kappa shape index (κ1) is 21.0. The van der Waals surface area contributed by atoms with Crippen LogP contribution in [0.25, 0.3) is 0 Å². The zero-order valence-corrected chi connectivity index (χ0v) is 18.1. The van der Waals surface area contributed by atoms with Gasteiger partial charge in [-0.15, -0.1) is 10.2 Å². The van der Waals surface area contributed by atoms with E-state index < -0.39 is 0 Å². The van der Waals surface area contributed by atoms with Gasteiger partial charge in [0.15, 0.2) is 10.1 Å². The van der Waals surface area contributed by atoms with Crippen LogP contribution in [0.3, 0.4) is 0 Å². The molecule has 0 aliphatic carbocycles. The second kappa shape index (κ2) is 9.67. The van der Waals surface area contributed by atoms with E-state index in [0.29, 0.717) is 20.7 Å². The van der Waals surface area contributed by atoms with E-state index in [-0.39, 0.29) is 16.9 Å². The van der Waals surface area contributed by atoms with Gasteiger partial charge < -0.3 is 10.6 Å². The molecule has 6 nitrogen and oxygen atoms in total. The highest BCUT2D eigenvalue weighted by Crippen LogP contribution is 2.31.